The third-order valence-electron chi connectivity index (χ3n) is 10.7. The zero-order valence-electron chi connectivity index (χ0n) is 26.5. The number of halogens is 2. The van der Waals surface area contributed by atoms with E-state index in [9.17, 15) is 0 Å². The Morgan fingerprint density at radius 2 is 1.44 bits per heavy atom. The van der Waals surface area contributed by atoms with Gasteiger partial charge in [-0.25, -0.2) is 5.57 Å². The normalized spacial score (nSPS) is 26.0. The topological polar surface area (TPSA) is 0 Å². The predicted molar refractivity (Wildman–Crippen MR) is 178 cm³/mol. The molecule has 4 aromatic carbocycles. The number of rotatable bonds is 3. The summed E-state index contributed by atoms with van der Waals surface area (Å²) >= 11 is 1.46. The van der Waals surface area contributed by atoms with Crippen molar-refractivity contribution < 1.29 is 49.0 Å². The zero-order valence-corrected chi connectivity index (χ0v) is 30.4. The van der Waals surface area contributed by atoms with Crippen LogP contribution in [0.3, 0.4) is 0 Å². The van der Waals surface area contributed by atoms with Crippen LogP contribution in [0.2, 0.25) is 0 Å². The molecule has 0 heterocycles. The van der Waals surface area contributed by atoms with Gasteiger partial charge in [0.15, 0.2) is 0 Å². The largest absolute Gasteiger partial charge is 0.179 e. The van der Waals surface area contributed by atoms with Crippen molar-refractivity contribution in [3.8, 4) is 11.1 Å². The molecule has 0 amide bonds. The van der Waals surface area contributed by atoms with Gasteiger partial charge in [-0.2, -0.15) is 41.5 Å². The molecule has 1 unspecified atom stereocenters. The molecule has 4 saturated carbocycles. The standard InChI is InChI=1S/C18H25.C13H9.C11H8.2ClH.Zr/c1-12-3-13(2)17(4-12)11-18-8-14-5-15(9-18)7-16(6-14)10-18;1-3-7-12-10(5-1)9-11-6-2-4-8-13(11)12;1-9-5-4-7-10-6-2-3-8-11(9)10;;;/h4,12,14-16H,5-11H2,1-2H3;1-5,7-8H,9H2;1-8H;2*1H;/q2*-1;;;;+2/p-2. The zero-order chi connectivity index (χ0) is 29.4. The third-order valence-corrected chi connectivity index (χ3v) is 11.5. The van der Waals surface area contributed by atoms with Crippen LogP contribution in [0.5, 0.6) is 0 Å². The Hall–Kier alpha value is -2.05. The van der Waals surface area contributed by atoms with E-state index in [1.165, 1.54) is 74.8 Å². The second-order valence-corrected chi connectivity index (χ2v) is 14.7. The van der Waals surface area contributed by atoms with Crippen molar-refractivity contribution in [3.63, 3.8) is 0 Å². The van der Waals surface area contributed by atoms with Gasteiger partial charge in [-0.1, -0.05) is 61.6 Å². The Balaban J connectivity index is 0.000000134. The summed E-state index contributed by atoms with van der Waals surface area (Å²) in [6, 6.07) is 33.0. The van der Waals surface area contributed by atoms with E-state index in [1.807, 2.05) is 6.07 Å². The summed E-state index contributed by atoms with van der Waals surface area (Å²) in [5, 5.41) is 2.69. The fourth-order valence-corrected chi connectivity index (χ4v) is 10.00. The molecule has 0 radical (unpaired) electrons. The van der Waals surface area contributed by atoms with E-state index in [2.05, 4.69) is 115 Å². The summed E-state index contributed by atoms with van der Waals surface area (Å²) in [4.78, 5) is 0. The van der Waals surface area contributed by atoms with Gasteiger partial charge in [0.1, 0.15) is 0 Å². The Bertz CT molecular complexity index is 1630. The van der Waals surface area contributed by atoms with Gasteiger partial charge in [-0.05, 0) is 68.1 Å². The number of benzene rings is 4. The molecule has 4 aromatic rings. The smallest absolute Gasteiger partial charge is 0.0253 e. The number of allylic oxidation sites excluding steroid dienone is 4. The van der Waals surface area contributed by atoms with Gasteiger partial charge in [0.25, 0.3) is 0 Å². The molecule has 230 valence electrons. The van der Waals surface area contributed by atoms with Crippen LogP contribution in [0.25, 0.3) is 21.9 Å². The maximum Gasteiger partial charge on any atom is -0.0253 e. The van der Waals surface area contributed by atoms with E-state index in [1.54, 1.807) is 44.1 Å². The average Bonchev–Trinajstić information content (AvgIpc) is 3.54. The fraction of sp³-hybridized carbons (Fsp3) is 0.357. The SMILES string of the molecule is CC1=[C-]C(C)C=C1CC12CC3CC(CC(C3)C1)C2.[Cl-].[Cl-].[Zr+2]=[CH]c1cccc2ccccc12.[c-]1cccc2c1Cc1ccccc1-2. The Morgan fingerprint density at radius 1 is 0.800 bits per heavy atom. The van der Waals surface area contributed by atoms with Gasteiger partial charge in [0.05, 0.1) is 0 Å². The second kappa shape index (κ2) is 14.8. The van der Waals surface area contributed by atoms with Crippen LogP contribution in [0.4, 0.5) is 0 Å². The van der Waals surface area contributed by atoms with Crippen molar-refractivity contribution in [2.45, 2.75) is 65.2 Å². The van der Waals surface area contributed by atoms with Crippen molar-refractivity contribution >= 4 is 14.5 Å². The van der Waals surface area contributed by atoms with Crippen molar-refractivity contribution in [1.29, 1.82) is 0 Å². The van der Waals surface area contributed by atoms with Crippen LogP contribution in [-0.2, 0) is 30.7 Å². The molecule has 45 heavy (non-hydrogen) atoms. The van der Waals surface area contributed by atoms with Crippen LogP contribution in [0.15, 0.2) is 102 Å². The minimum Gasteiger partial charge on any atom is -0.179 e. The monoisotopic (exact) mass is 706 g/mol. The summed E-state index contributed by atoms with van der Waals surface area (Å²) in [5.74, 6) is 3.82. The second-order valence-electron chi connectivity index (χ2n) is 14.0. The van der Waals surface area contributed by atoms with Crippen LogP contribution >= 0.6 is 0 Å². The van der Waals surface area contributed by atoms with Gasteiger partial charge < -0.3 is 24.8 Å². The molecule has 1 atom stereocenters. The first kappa shape index (κ1) is 34.3. The van der Waals surface area contributed by atoms with E-state index in [0.717, 1.165) is 24.2 Å². The molecule has 4 bridgehead atoms. The Labute approximate surface area is 298 Å². The molecule has 0 aliphatic heterocycles. The van der Waals surface area contributed by atoms with E-state index < -0.39 is 0 Å². The van der Waals surface area contributed by atoms with Gasteiger partial charge in [-0.3, -0.25) is 6.08 Å². The first-order valence-corrected chi connectivity index (χ1v) is 17.8. The number of fused-ring (bicyclic) bond motifs is 4. The van der Waals surface area contributed by atoms with Crippen LogP contribution < -0.4 is 24.8 Å². The molecule has 0 spiro atoms. The van der Waals surface area contributed by atoms with Crippen LogP contribution in [0, 0.1) is 41.2 Å². The summed E-state index contributed by atoms with van der Waals surface area (Å²) in [5.41, 5.74) is 10.7. The third kappa shape index (κ3) is 7.43. The molecule has 0 saturated heterocycles. The summed E-state index contributed by atoms with van der Waals surface area (Å²) in [6.45, 7) is 4.55. The van der Waals surface area contributed by atoms with Gasteiger partial charge in [0, 0.05) is 0 Å². The maximum absolute atomic E-state index is 3.57. The molecule has 0 aromatic heterocycles. The Kier molecular flexibility index (Phi) is 11.3. The molecule has 0 N–H and O–H groups in total. The van der Waals surface area contributed by atoms with Gasteiger partial charge in [0.2, 0.25) is 0 Å². The van der Waals surface area contributed by atoms with E-state index >= 15 is 0 Å². The van der Waals surface area contributed by atoms with Crippen molar-refractivity contribution in [1.82, 2.24) is 0 Å². The average molecular weight is 709 g/mol. The minimum atomic E-state index is 0. The molecule has 4 fully saturated rings. The maximum atomic E-state index is 3.57. The molecule has 6 aliphatic carbocycles. The van der Waals surface area contributed by atoms with Crippen LogP contribution in [-0.4, -0.2) is 3.71 Å². The van der Waals surface area contributed by atoms with E-state index in [0.29, 0.717) is 11.3 Å². The number of hydrogen-bond donors (Lipinski definition) is 0. The molecule has 3 heteroatoms. The van der Waals surface area contributed by atoms with Crippen molar-refractivity contribution in [2.24, 2.45) is 29.1 Å². The van der Waals surface area contributed by atoms with E-state index in [4.69, 9.17) is 0 Å². The molecular formula is C42H42Cl2Zr-2. The van der Waals surface area contributed by atoms with Crippen LogP contribution in [0.1, 0.15) is 75.5 Å². The number of hydrogen-bond acceptors (Lipinski definition) is 0. The van der Waals surface area contributed by atoms with Crippen molar-refractivity contribution in [2.75, 3.05) is 0 Å². The first-order chi connectivity index (χ1) is 21.0. The first-order valence-electron chi connectivity index (χ1n) is 16.4. The van der Waals surface area contributed by atoms with Crippen molar-refractivity contribution in [3.05, 3.63) is 131 Å². The summed E-state index contributed by atoms with van der Waals surface area (Å²) in [7, 11) is 0. The molecular weight excluding hydrogens is 667 g/mol. The Morgan fingerprint density at radius 3 is 2.13 bits per heavy atom. The molecule has 6 aliphatic rings. The summed E-state index contributed by atoms with van der Waals surface area (Å²) in [6.07, 6.45) is 17.8. The van der Waals surface area contributed by atoms with E-state index in [-0.39, 0.29) is 24.8 Å². The predicted octanol–water partition coefficient (Wildman–Crippen LogP) is 4.52. The molecule has 0 nitrogen and oxygen atoms in total. The van der Waals surface area contributed by atoms with Gasteiger partial charge in [-0.15, -0.1) is 5.56 Å². The van der Waals surface area contributed by atoms with Gasteiger partial charge >= 0.3 is 86.7 Å². The summed E-state index contributed by atoms with van der Waals surface area (Å²) < 4.78 is 2.23. The molecule has 10 rings (SSSR count). The minimum absolute atomic E-state index is 0. The fourth-order valence-electron chi connectivity index (χ4n) is 9.38. The quantitative estimate of drug-likeness (QED) is 0.242.